The first-order valence-electron chi connectivity index (χ1n) is 7.65. The van der Waals surface area contributed by atoms with Gasteiger partial charge in [0.05, 0.1) is 0 Å². The van der Waals surface area contributed by atoms with Gasteiger partial charge < -0.3 is 0 Å². The van der Waals surface area contributed by atoms with Crippen LogP contribution >= 0.6 is 0 Å². The van der Waals surface area contributed by atoms with Crippen molar-refractivity contribution in [2.45, 2.75) is 54.4 Å². The summed E-state index contributed by atoms with van der Waals surface area (Å²) >= 11 is 0. The maximum absolute atomic E-state index is 4.57. The van der Waals surface area contributed by atoms with Gasteiger partial charge in [0.25, 0.3) is 0 Å². The third kappa shape index (κ3) is 5.96. The van der Waals surface area contributed by atoms with E-state index in [0.29, 0.717) is 0 Å². The van der Waals surface area contributed by atoms with Gasteiger partial charge in [-0.15, -0.1) is 0 Å². The minimum atomic E-state index is 0.814. The summed E-state index contributed by atoms with van der Waals surface area (Å²) < 4.78 is 0. The third-order valence-electron chi connectivity index (χ3n) is 2.67. The van der Waals surface area contributed by atoms with Gasteiger partial charge in [-0.2, -0.15) is 0 Å². The van der Waals surface area contributed by atoms with Gasteiger partial charge in [-0.3, -0.25) is 0 Å². The van der Waals surface area contributed by atoms with Gasteiger partial charge in [-0.25, -0.2) is 9.97 Å². The van der Waals surface area contributed by atoms with Crippen LogP contribution in [0.3, 0.4) is 0 Å². The predicted octanol–water partition coefficient (Wildman–Crippen LogP) is 4.99. The molecular formula is C18H28N2. The normalized spacial score (nSPS) is 8.90. The van der Waals surface area contributed by atoms with Gasteiger partial charge in [0.2, 0.25) is 0 Å². The molecule has 1 aromatic carbocycles. The quantitative estimate of drug-likeness (QED) is 0.786. The van der Waals surface area contributed by atoms with Crippen LogP contribution < -0.4 is 0 Å². The number of hydrogen-bond donors (Lipinski definition) is 0. The molecule has 0 aliphatic carbocycles. The molecule has 0 saturated heterocycles. The molecule has 0 atom stereocenters. The largest absolute Gasteiger partial charge is 0.241 e. The lowest BCUT2D eigenvalue weighted by molar-refractivity contribution is 0.888. The van der Waals surface area contributed by atoms with Gasteiger partial charge in [0.1, 0.15) is 5.82 Å². The molecule has 2 nitrogen and oxygen atoms in total. The van der Waals surface area contributed by atoms with E-state index in [-0.39, 0.29) is 0 Å². The highest BCUT2D eigenvalue weighted by atomic mass is 14.9. The summed E-state index contributed by atoms with van der Waals surface area (Å²) in [5, 5.41) is 0. The lowest BCUT2D eigenvalue weighted by Gasteiger charge is -2.05. The van der Waals surface area contributed by atoms with E-state index in [0.717, 1.165) is 24.4 Å². The van der Waals surface area contributed by atoms with Gasteiger partial charge in [-0.1, -0.05) is 65.0 Å². The fourth-order valence-electron chi connectivity index (χ4n) is 1.74. The summed E-state index contributed by atoms with van der Waals surface area (Å²) in [6.45, 7) is 12.2. The highest BCUT2D eigenvalue weighted by Crippen LogP contribution is 2.08. The molecule has 2 heteroatoms. The van der Waals surface area contributed by atoms with Crippen LogP contribution in [0.5, 0.6) is 0 Å². The smallest absolute Gasteiger partial charge is 0.132 e. The number of hydrogen-bond acceptors (Lipinski definition) is 2. The Morgan fingerprint density at radius 1 is 0.950 bits per heavy atom. The molecule has 20 heavy (non-hydrogen) atoms. The highest BCUT2D eigenvalue weighted by Gasteiger charge is 2.02. The predicted molar refractivity (Wildman–Crippen MR) is 88.1 cm³/mol. The average Bonchev–Trinajstić information content (AvgIpc) is 2.54. The van der Waals surface area contributed by atoms with E-state index >= 15 is 0 Å². The molecule has 0 amide bonds. The van der Waals surface area contributed by atoms with Crippen LogP contribution in [-0.4, -0.2) is 9.97 Å². The van der Waals surface area contributed by atoms with E-state index in [1.807, 2.05) is 52.1 Å². The van der Waals surface area contributed by atoms with Crippen molar-refractivity contribution in [3.63, 3.8) is 0 Å². The van der Waals surface area contributed by atoms with E-state index in [9.17, 15) is 0 Å². The van der Waals surface area contributed by atoms with Crippen molar-refractivity contribution in [1.29, 1.82) is 0 Å². The zero-order valence-corrected chi connectivity index (χ0v) is 13.8. The van der Waals surface area contributed by atoms with E-state index in [1.165, 1.54) is 11.1 Å². The zero-order valence-electron chi connectivity index (χ0n) is 13.8. The summed E-state index contributed by atoms with van der Waals surface area (Å²) in [5.74, 6) is 0.911. The summed E-state index contributed by atoms with van der Waals surface area (Å²) in [6.07, 6.45) is 3.70. The van der Waals surface area contributed by atoms with Crippen LogP contribution in [-0.2, 0) is 12.8 Å². The molecule has 0 fully saturated rings. The van der Waals surface area contributed by atoms with E-state index in [1.54, 1.807) is 0 Å². The summed E-state index contributed by atoms with van der Waals surface area (Å²) in [6, 6.07) is 10.3. The monoisotopic (exact) mass is 272 g/mol. The van der Waals surface area contributed by atoms with Crippen molar-refractivity contribution in [3.05, 3.63) is 59.2 Å². The topological polar surface area (TPSA) is 25.8 Å². The number of rotatable bonds is 3. The Morgan fingerprint density at radius 2 is 1.55 bits per heavy atom. The van der Waals surface area contributed by atoms with Crippen molar-refractivity contribution >= 4 is 0 Å². The van der Waals surface area contributed by atoms with Crippen molar-refractivity contribution in [2.24, 2.45) is 0 Å². The van der Waals surface area contributed by atoms with Crippen LogP contribution in [0.4, 0.5) is 0 Å². The molecule has 0 bridgehead atoms. The molecule has 1 heterocycles. The minimum absolute atomic E-state index is 0.814. The second kappa shape index (κ2) is 11.2. The van der Waals surface area contributed by atoms with Gasteiger partial charge in [-0.05, 0) is 24.5 Å². The molecule has 2 aromatic rings. The van der Waals surface area contributed by atoms with Crippen molar-refractivity contribution in [1.82, 2.24) is 9.97 Å². The van der Waals surface area contributed by atoms with Crippen LogP contribution in [0, 0.1) is 6.92 Å². The Morgan fingerprint density at radius 3 is 2.10 bits per heavy atom. The number of benzene rings is 1. The van der Waals surface area contributed by atoms with Gasteiger partial charge in [0.15, 0.2) is 0 Å². The minimum Gasteiger partial charge on any atom is -0.241 e. The SMILES string of the molecule is CC.CC.CCc1nc(Cc2ccccc2)ncc1C. The zero-order chi connectivity index (χ0) is 15.4. The number of nitrogens with zero attached hydrogens (tertiary/aromatic N) is 2. The molecule has 110 valence electrons. The van der Waals surface area contributed by atoms with Crippen LogP contribution in [0.2, 0.25) is 0 Å². The molecule has 0 saturated carbocycles. The average molecular weight is 272 g/mol. The maximum Gasteiger partial charge on any atom is 0.132 e. The first-order valence-corrected chi connectivity index (χ1v) is 7.65. The van der Waals surface area contributed by atoms with Gasteiger partial charge >= 0.3 is 0 Å². The molecule has 1 aromatic heterocycles. The van der Waals surface area contributed by atoms with Crippen LogP contribution in [0.15, 0.2) is 36.5 Å². The molecule has 0 aliphatic heterocycles. The molecule has 0 spiro atoms. The Balaban J connectivity index is 0.000000829. The number of aryl methyl sites for hydroxylation is 2. The Hall–Kier alpha value is -1.70. The van der Waals surface area contributed by atoms with E-state index in [2.05, 4.69) is 35.9 Å². The summed E-state index contributed by atoms with van der Waals surface area (Å²) in [4.78, 5) is 8.95. The Labute approximate surface area is 124 Å². The highest BCUT2D eigenvalue weighted by molar-refractivity contribution is 5.21. The molecule has 0 aliphatic rings. The van der Waals surface area contributed by atoms with Gasteiger partial charge in [0, 0.05) is 18.3 Å². The van der Waals surface area contributed by atoms with Crippen LogP contribution in [0.1, 0.15) is 57.3 Å². The summed E-state index contributed by atoms with van der Waals surface area (Å²) in [5.41, 5.74) is 3.59. The third-order valence-corrected chi connectivity index (χ3v) is 2.67. The fourth-order valence-corrected chi connectivity index (χ4v) is 1.74. The molecule has 2 rings (SSSR count). The second-order valence-corrected chi connectivity index (χ2v) is 3.93. The lowest BCUT2D eigenvalue weighted by Crippen LogP contribution is -2.01. The molecule has 0 unspecified atom stereocenters. The molecule has 0 N–H and O–H groups in total. The van der Waals surface area contributed by atoms with E-state index < -0.39 is 0 Å². The standard InChI is InChI=1S/C14H16N2.2C2H6/c1-3-13-11(2)10-15-14(16-13)9-12-7-5-4-6-8-12;2*1-2/h4-8,10H,3,9H2,1-2H3;2*1-2H3. The van der Waals surface area contributed by atoms with Crippen molar-refractivity contribution < 1.29 is 0 Å². The number of aromatic nitrogens is 2. The van der Waals surface area contributed by atoms with Crippen molar-refractivity contribution in [2.75, 3.05) is 0 Å². The first-order chi connectivity index (χ1) is 9.79. The fraction of sp³-hybridized carbons (Fsp3) is 0.444. The van der Waals surface area contributed by atoms with Crippen LogP contribution in [0.25, 0.3) is 0 Å². The Bertz CT molecular complexity index is 464. The summed E-state index contributed by atoms with van der Waals surface area (Å²) in [7, 11) is 0. The lowest BCUT2D eigenvalue weighted by atomic mass is 10.1. The molecular weight excluding hydrogens is 244 g/mol. The second-order valence-electron chi connectivity index (χ2n) is 3.93. The molecule has 0 radical (unpaired) electrons. The van der Waals surface area contributed by atoms with E-state index in [4.69, 9.17) is 0 Å². The first kappa shape index (κ1) is 18.3. The Kier molecular flexibility index (Phi) is 10.2. The maximum atomic E-state index is 4.57. The van der Waals surface area contributed by atoms with Crippen molar-refractivity contribution in [3.8, 4) is 0 Å².